The van der Waals surface area contributed by atoms with Crippen LogP contribution < -0.4 is 26.0 Å². The predicted octanol–water partition coefficient (Wildman–Crippen LogP) is 8.07. The number of anilines is 2. The molecule has 1 saturated heterocycles. The van der Waals surface area contributed by atoms with Gasteiger partial charge in [0.25, 0.3) is 23.6 Å². The second-order valence-corrected chi connectivity index (χ2v) is 18.1. The summed E-state index contributed by atoms with van der Waals surface area (Å²) >= 11 is 13.6. The Morgan fingerprint density at radius 2 is 1.25 bits per heavy atom. The number of ketones is 1. The second kappa shape index (κ2) is 26.5. The average Bonchev–Trinajstić information content (AvgIpc) is 3.33. The van der Waals surface area contributed by atoms with Gasteiger partial charge in [-0.15, -0.1) is 0 Å². The molecule has 0 spiro atoms. The first-order valence-electron chi connectivity index (χ1n) is 20.6. The molecule has 1 aliphatic rings. The van der Waals surface area contributed by atoms with Crippen LogP contribution in [0.4, 0.5) is 21.9 Å². The monoisotopic (exact) mass is 1040 g/mol. The van der Waals surface area contributed by atoms with Gasteiger partial charge in [-0.25, -0.2) is 13.8 Å². The number of hydrogen-bond acceptors (Lipinski definition) is 11. The number of carbonyl (C=O) groups excluding carboxylic acids is 6. The molecule has 5 rings (SSSR count). The Labute approximate surface area is 409 Å². The summed E-state index contributed by atoms with van der Waals surface area (Å²) in [4.78, 5) is 81.4. The number of methoxy groups -OCH3 is 1. The molecule has 0 radical (unpaired) electrons. The van der Waals surface area contributed by atoms with Crippen LogP contribution in [-0.2, 0) is 34.3 Å². The maximum atomic E-state index is 13.3. The van der Waals surface area contributed by atoms with E-state index in [1.165, 1.54) is 66.6 Å². The number of hydrogen-bond donors (Lipinski definition) is 4. The summed E-state index contributed by atoms with van der Waals surface area (Å²) in [5.41, 5.74) is 1.31. The Morgan fingerprint density at radius 3 is 1.73 bits per heavy atom. The topological polar surface area (TPSA) is 212 Å². The minimum absolute atomic E-state index is 0.0763. The summed E-state index contributed by atoms with van der Waals surface area (Å²) in [7, 11) is 1.52. The van der Waals surface area contributed by atoms with Crippen molar-refractivity contribution in [1.82, 2.24) is 15.5 Å². The highest BCUT2D eigenvalue weighted by atomic mass is 79.9. The number of rotatable bonds is 17. The first-order chi connectivity index (χ1) is 31.9. The van der Waals surface area contributed by atoms with Crippen LogP contribution in [-0.4, -0.2) is 102 Å². The molecule has 4 aromatic rings. The summed E-state index contributed by atoms with van der Waals surface area (Å²) in [6.45, 7) is 17.1. The van der Waals surface area contributed by atoms with Crippen molar-refractivity contribution in [1.29, 1.82) is 0 Å². The fourth-order valence-corrected chi connectivity index (χ4v) is 7.14. The van der Waals surface area contributed by atoms with Gasteiger partial charge in [-0.3, -0.25) is 28.2 Å². The van der Waals surface area contributed by atoms with Gasteiger partial charge in [-0.05, 0) is 88.4 Å². The Morgan fingerprint density at radius 1 is 0.761 bits per heavy atom. The van der Waals surface area contributed by atoms with E-state index in [2.05, 4.69) is 42.0 Å². The zero-order valence-electron chi connectivity index (χ0n) is 37.1. The quantitative estimate of drug-likeness (QED) is 0.0344. The van der Waals surface area contributed by atoms with Crippen molar-refractivity contribution in [3.05, 3.63) is 123 Å². The first kappa shape index (κ1) is 53.7. The summed E-state index contributed by atoms with van der Waals surface area (Å²) < 4.78 is 33.2. The second-order valence-electron chi connectivity index (χ2n) is 15.3. The van der Waals surface area contributed by atoms with Crippen molar-refractivity contribution >= 4 is 103 Å². The van der Waals surface area contributed by atoms with E-state index < -0.39 is 45.9 Å². The van der Waals surface area contributed by atoms with Crippen molar-refractivity contribution in [2.45, 2.75) is 43.7 Å². The fraction of sp³-hybridized carbons (Fsp3) is 0.326. The number of carbonyl (C=O) groups is 6. The van der Waals surface area contributed by atoms with Gasteiger partial charge in [-0.2, -0.15) is 0 Å². The summed E-state index contributed by atoms with van der Waals surface area (Å²) in [5.74, 6) is -1.82. The fourth-order valence-electron chi connectivity index (χ4n) is 5.57. The highest BCUT2D eigenvalue weighted by molar-refractivity contribution is 9.09. The van der Waals surface area contributed by atoms with Crippen LogP contribution in [0.1, 0.15) is 58.8 Å². The summed E-state index contributed by atoms with van der Waals surface area (Å²) in [6, 6.07) is 20.9. The number of Topliss-reactive ketones (excluding diaryl/α,β-unsaturated/α-hetero) is 1. The Bertz CT molecular complexity index is 2470. The third-order valence-electron chi connectivity index (χ3n) is 9.19. The standard InChI is InChI=1S/C26H27ClN4O6.C20H22BrClN2O5S/c1-16(2)15-29-24(33)18-6-9-20(27)21(14-18)30-25(34)23(37-26(35)31-10-12-36-13-11-31)22(32)17-4-7-19(28-3)8-5-17;1-12(2)11-23-19(25)13-4-9-16(22)17(10-13)24-20(26)18(21)29-30(27)15-7-5-14(28-3)6-8-15/h4-9,14,16,23H,10-13,15H2,1-2H3,(H,29,33)(H,30,34);4-10,12,18H,11H2,1-3H3,(H,23,25)(H,24,26). The number of alkyl halides is 1. The third-order valence-corrected chi connectivity index (χ3v) is 11.7. The van der Waals surface area contributed by atoms with E-state index >= 15 is 0 Å². The van der Waals surface area contributed by atoms with Crippen molar-refractivity contribution in [2.75, 3.05) is 57.1 Å². The molecule has 67 heavy (non-hydrogen) atoms. The molecule has 4 aromatic carbocycles. The van der Waals surface area contributed by atoms with E-state index in [9.17, 15) is 33.0 Å². The van der Waals surface area contributed by atoms with Gasteiger partial charge in [0, 0.05) is 42.9 Å². The van der Waals surface area contributed by atoms with Gasteiger partial charge in [0.2, 0.25) is 16.9 Å². The molecule has 1 heterocycles. The number of amides is 5. The summed E-state index contributed by atoms with van der Waals surface area (Å²) in [5, 5.41) is 9.82. The van der Waals surface area contributed by atoms with E-state index in [1.807, 2.05) is 27.7 Å². The molecular formula is C46H49BrCl2N6O11S. The van der Waals surface area contributed by atoms with Crippen molar-refractivity contribution in [3.63, 3.8) is 0 Å². The molecule has 0 aromatic heterocycles. The first-order valence-corrected chi connectivity index (χ1v) is 23.3. The molecule has 5 amide bonds. The van der Waals surface area contributed by atoms with Gasteiger partial charge in [0.1, 0.15) is 5.75 Å². The molecule has 4 N–H and O–H groups in total. The highest BCUT2D eigenvalue weighted by Gasteiger charge is 2.34. The van der Waals surface area contributed by atoms with E-state index in [4.69, 9.17) is 48.2 Å². The maximum Gasteiger partial charge on any atom is 0.411 e. The van der Waals surface area contributed by atoms with E-state index in [0.29, 0.717) is 54.1 Å². The lowest BCUT2D eigenvalue weighted by Crippen LogP contribution is -2.46. The molecule has 21 heteroatoms. The van der Waals surface area contributed by atoms with Crippen LogP contribution in [0.2, 0.25) is 10.0 Å². The Kier molecular flexibility index (Phi) is 21.2. The largest absolute Gasteiger partial charge is 0.497 e. The van der Waals surface area contributed by atoms with E-state index in [1.54, 1.807) is 30.3 Å². The lowest BCUT2D eigenvalue weighted by Gasteiger charge is -2.27. The van der Waals surface area contributed by atoms with Gasteiger partial charge < -0.3 is 40.4 Å². The number of ether oxygens (including phenoxy) is 3. The van der Waals surface area contributed by atoms with Crippen LogP contribution in [0.25, 0.3) is 4.85 Å². The Balaban J connectivity index is 0.000000299. The number of nitrogens with zero attached hydrogens (tertiary/aromatic N) is 2. The predicted molar refractivity (Wildman–Crippen MR) is 257 cm³/mol. The third kappa shape index (κ3) is 16.7. The van der Waals surface area contributed by atoms with Crippen molar-refractivity contribution in [3.8, 4) is 5.75 Å². The zero-order chi connectivity index (χ0) is 49.2. The molecule has 3 atom stereocenters. The molecule has 0 saturated carbocycles. The van der Waals surface area contributed by atoms with Crippen LogP contribution in [0.5, 0.6) is 5.75 Å². The minimum Gasteiger partial charge on any atom is -0.497 e. The summed E-state index contributed by atoms with van der Waals surface area (Å²) in [6.07, 6.45) is -2.69. The molecule has 0 bridgehead atoms. The zero-order valence-corrected chi connectivity index (χ0v) is 41.0. The van der Waals surface area contributed by atoms with Gasteiger partial charge >= 0.3 is 6.09 Å². The van der Waals surface area contributed by atoms with E-state index in [0.717, 1.165) is 0 Å². The Hall–Kier alpha value is -5.88. The van der Waals surface area contributed by atoms with Crippen molar-refractivity contribution in [2.24, 2.45) is 11.8 Å². The molecule has 3 unspecified atom stereocenters. The normalized spacial score (nSPS) is 13.4. The molecule has 0 aliphatic carbocycles. The number of nitrogens with one attached hydrogen (secondary N) is 4. The minimum atomic E-state index is -1.89. The highest BCUT2D eigenvalue weighted by Crippen LogP contribution is 2.27. The van der Waals surface area contributed by atoms with Gasteiger partial charge in [0.15, 0.2) is 16.8 Å². The van der Waals surface area contributed by atoms with Gasteiger partial charge in [0.05, 0.1) is 53.2 Å². The van der Waals surface area contributed by atoms with Crippen LogP contribution in [0.3, 0.4) is 0 Å². The molecule has 1 fully saturated rings. The van der Waals surface area contributed by atoms with Gasteiger partial charge in [-0.1, -0.05) is 75.2 Å². The number of morpholine rings is 1. The number of halogens is 3. The molecular weight excluding hydrogens is 995 g/mol. The maximum absolute atomic E-state index is 13.3. The van der Waals surface area contributed by atoms with Crippen LogP contribution in [0.15, 0.2) is 89.8 Å². The average molecular weight is 1040 g/mol. The van der Waals surface area contributed by atoms with Crippen LogP contribution in [0, 0.1) is 18.4 Å². The lowest BCUT2D eigenvalue weighted by molar-refractivity contribution is -0.122. The SMILES string of the molecule is COc1ccc(S(=O)OC(Br)C(=O)Nc2cc(C(=O)NCC(C)C)ccc2Cl)cc1.[C-]#[N+]c1ccc(C(=O)C(OC(=O)N2CCOCC2)C(=O)Nc2cc(C(=O)NCC(C)C)ccc2Cl)cc1. The van der Waals surface area contributed by atoms with Crippen LogP contribution >= 0.6 is 39.1 Å². The number of benzene rings is 4. The molecule has 356 valence electrons. The lowest BCUT2D eigenvalue weighted by atomic mass is 10.0. The molecule has 17 nitrogen and oxygen atoms in total. The smallest absolute Gasteiger partial charge is 0.411 e. The molecule has 1 aliphatic heterocycles. The van der Waals surface area contributed by atoms with Crippen molar-refractivity contribution < 1.29 is 51.4 Å². The van der Waals surface area contributed by atoms with E-state index in [-0.39, 0.29) is 63.4 Å².